The summed E-state index contributed by atoms with van der Waals surface area (Å²) < 4.78 is 29.1. The highest BCUT2D eigenvalue weighted by Gasteiger charge is 2.38. The van der Waals surface area contributed by atoms with Crippen LogP contribution >= 0.6 is 18.7 Å². The minimum Gasteiger partial charge on any atom is -0.390 e. The fraction of sp³-hybridized carbons (Fsp3) is 0.450. The Kier molecular flexibility index (Phi) is 5.37. The van der Waals surface area contributed by atoms with Crippen molar-refractivity contribution in [2.75, 3.05) is 24.3 Å². The molecule has 7 nitrogen and oxygen atoms in total. The minimum absolute atomic E-state index is 0.108. The number of aromatic nitrogens is 4. The third-order valence-corrected chi connectivity index (χ3v) is 7.98. The number of halogens is 2. The molecule has 0 aliphatic carbocycles. The van der Waals surface area contributed by atoms with Crippen molar-refractivity contribution in [2.24, 2.45) is 0 Å². The second-order valence-corrected chi connectivity index (χ2v) is 12.1. The van der Waals surface area contributed by atoms with Crippen molar-refractivity contribution in [1.82, 2.24) is 19.5 Å². The van der Waals surface area contributed by atoms with E-state index in [0.29, 0.717) is 28.5 Å². The summed E-state index contributed by atoms with van der Waals surface area (Å²) in [4.78, 5) is 13.0. The number of hydrogen-bond donors (Lipinski definition) is 2. The average molecular weight is 452 g/mol. The first kappa shape index (κ1) is 21.2. The monoisotopic (exact) mass is 451 g/mol. The van der Waals surface area contributed by atoms with Crippen LogP contribution in [0.5, 0.6) is 0 Å². The molecule has 3 aromatic rings. The van der Waals surface area contributed by atoms with Gasteiger partial charge in [0.2, 0.25) is 5.95 Å². The number of aliphatic hydroxyl groups excluding tert-OH is 1. The maximum atomic E-state index is 14.8. The van der Waals surface area contributed by atoms with Gasteiger partial charge < -0.3 is 19.6 Å². The molecule has 160 valence electrons. The summed E-state index contributed by atoms with van der Waals surface area (Å²) in [6.45, 7) is 7.55. The smallest absolute Gasteiger partial charge is 0.223 e. The van der Waals surface area contributed by atoms with Gasteiger partial charge in [-0.05, 0) is 39.6 Å². The van der Waals surface area contributed by atoms with Crippen molar-refractivity contribution >= 4 is 35.7 Å². The van der Waals surface area contributed by atoms with Crippen molar-refractivity contribution in [3.8, 4) is 11.3 Å². The van der Waals surface area contributed by atoms with Crippen molar-refractivity contribution in [2.45, 2.75) is 39.0 Å². The van der Waals surface area contributed by atoms with Crippen LogP contribution in [0.4, 0.5) is 10.3 Å². The highest BCUT2D eigenvalue weighted by Crippen LogP contribution is 2.48. The molecule has 0 spiro atoms. The molecule has 1 fully saturated rings. The lowest BCUT2D eigenvalue weighted by Gasteiger charge is -2.16. The molecular formula is C20H24ClFN5O2P. The van der Waals surface area contributed by atoms with Gasteiger partial charge in [0.15, 0.2) is 5.82 Å². The number of nitrogens with zero attached hydrogens (tertiary/aromatic N) is 4. The van der Waals surface area contributed by atoms with Crippen molar-refractivity contribution in [1.29, 1.82) is 0 Å². The molecule has 1 aliphatic heterocycles. The van der Waals surface area contributed by atoms with Crippen LogP contribution in [0, 0.1) is 12.7 Å². The van der Waals surface area contributed by atoms with Crippen LogP contribution in [0.2, 0.25) is 5.02 Å². The number of anilines is 1. The van der Waals surface area contributed by atoms with E-state index < -0.39 is 25.1 Å². The predicted octanol–water partition coefficient (Wildman–Crippen LogP) is 4.32. The molecular weight excluding hydrogens is 428 g/mol. The number of imidazole rings is 1. The van der Waals surface area contributed by atoms with E-state index in [-0.39, 0.29) is 23.2 Å². The van der Waals surface area contributed by atoms with E-state index in [0.717, 1.165) is 5.82 Å². The Morgan fingerprint density at radius 3 is 2.70 bits per heavy atom. The van der Waals surface area contributed by atoms with Crippen LogP contribution in [-0.4, -0.2) is 55.8 Å². The van der Waals surface area contributed by atoms with E-state index in [2.05, 4.69) is 20.3 Å². The summed E-state index contributed by atoms with van der Waals surface area (Å²) in [6.07, 6.45) is 1.33. The number of aliphatic hydroxyl groups is 1. The lowest BCUT2D eigenvalue weighted by atomic mass is 10.1. The van der Waals surface area contributed by atoms with Crippen molar-refractivity contribution in [3.05, 3.63) is 35.0 Å². The highest BCUT2D eigenvalue weighted by atomic mass is 35.5. The van der Waals surface area contributed by atoms with E-state index in [1.165, 1.54) is 12.3 Å². The van der Waals surface area contributed by atoms with Crippen molar-refractivity contribution in [3.63, 3.8) is 0 Å². The molecule has 30 heavy (non-hydrogen) atoms. The van der Waals surface area contributed by atoms with Gasteiger partial charge in [0.05, 0.1) is 41.7 Å². The normalized spacial score (nSPS) is 24.1. The summed E-state index contributed by atoms with van der Waals surface area (Å²) in [5, 5.41) is 13.5. The van der Waals surface area contributed by atoms with Crippen LogP contribution < -0.4 is 5.32 Å². The summed E-state index contributed by atoms with van der Waals surface area (Å²) in [6, 6.07) is 2.89. The molecule has 1 unspecified atom stereocenters. The summed E-state index contributed by atoms with van der Waals surface area (Å²) in [5.74, 6) is 0.521. The van der Waals surface area contributed by atoms with Gasteiger partial charge in [0.25, 0.3) is 0 Å². The number of fused-ring (bicyclic) bond motifs is 1. The second kappa shape index (κ2) is 7.59. The Balaban J connectivity index is 1.75. The largest absolute Gasteiger partial charge is 0.390 e. The lowest BCUT2D eigenvalue weighted by Crippen LogP contribution is -2.32. The Morgan fingerprint density at radius 2 is 2.07 bits per heavy atom. The van der Waals surface area contributed by atoms with Gasteiger partial charge in [0.1, 0.15) is 11.3 Å². The van der Waals surface area contributed by atoms with E-state index in [4.69, 9.17) is 11.6 Å². The van der Waals surface area contributed by atoms with Gasteiger partial charge in [-0.1, -0.05) is 11.6 Å². The fourth-order valence-corrected chi connectivity index (χ4v) is 6.70. The summed E-state index contributed by atoms with van der Waals surface area (Å²) in [5.41, 5.74) is 1.85. The number of nitrogens with one attached hydrogen (secondary N) is 1. The first-order valence-electron chi connectivity index (χ1n) is 9.77. The zero-order chi connectivity index (χ0) is 21.8. The average Bonchev–Trinajstić information content (AvgIpc) is 3.11. The zero-order valence-electron chi connectivity index (χ0n) is 17.2. The predicted molar refractivity (Wildman–Crippen MR) is 118 cm³/mol. The topological polar surface area (TPSA) is 92.9 Å². The molecule has 0 amide bonds. The first-order valence-corrected chi connectivity index (χ1v) is 12.7. The van der Waals surface area contributed by atoms with Crippen molar-refractivity contribution < 1.29 is 14.1 Å². The number of rotatable bonds is 4. The van der Waals surface area contributed by atoms with Gasteiger partial charge in [-0.2, -0.15) is 0 Å². The third kappa shape index (κ3) is 3.84. The van der Waals surface area contributed by atoms with Crippen LogP contribution in [0.25, 0.3) is 22.3 Å². The van der Waals surface area contributed by atoms with Gasteiger partial charge in [0, 0.05) is 23.9 Å². The third-order valence-electron chi connectivity index (χ3n) is 5.39. The quantitative estimate of drug-likeness (QED) is 0.574. The number of benzene rings is 1. The van der Waals surface area contributed by atoms with Gasteiger partial charge in [-0.3, -0.25) is 0 Å². The summed E-state index contributed by atoms with van der Waals surface area (Å²) in [7, 11) is -2.37. The maximum Gasteiger partial charge on any atom is 0.223 e. The molecule has 1 aromatic carbocycles. The lowest BCUT2D eigenvalue weighted by molar-refractivity contribution is 0.190. The molecule has 2 N–H and O–H groups in total. The molecule has 3 atom stereocenters. The molecule has 0 saturated carbocycles. The van der Waals surface area contributed by atoms with Crippen LogP contribution in [0.1, 0.15) is 25.7 Å². The van der Waals surface area contributed by atoms with Crippen LogP contribution in [-0.2, 0) is 4.57 Å². The standard InChI is InChI=1S/C20H24ClFN5O2P/c1-10(2)27-11(3)24-19-14(22)5-12(6-16(19)27)18-13(21)7-23-20(26-18)25-15-8-30(4,29)9-17(15)28/h5-7,10,15,17,28H,8-9H2,1-4H3,(H,23,25,26)/t15-,17-,30?/m0/s1. The highest BCUT2D eigenvalue weighted by molar-refractivity contribution is 7.63. The van der Waals surface area contributed by atoms with Gasteiger partial charge in [-0.25, -0.2) is 19.3 Å². The maximum absolute atomic E-state index is 14.8. The Labute approximate surface area is 179 Å². The second-order valence-electron chi connectivity index (χ2n) is 8.32. The number of aryl methyl sites for hydroxylation is 1. The molecule has 1 saturated heterocycles. The fourth-order valence-electron chi connectivity index (χ4n) is 4.14. The molecule has 2 aromatic heterocycles. The SMILES string of the molecule is Cc1nc2c(F)cc(-c3nc(N[C@H]4CP(C)(=O)C[C@@H]4O)ncc3Cl)cc2n1C(C)C. The number of hydrogen-bond acceptors (Lipinski definition) is 6. The molecule has 0 bridgehead atoms. The van der Waals surface area contributed by atoms with E-state index in [1.54, 1.807) is 6.66 Å². The zero-order valence-corrected chi connectivity index (χ0v) is 18.9. The van der Waals surface area contributed by atoms with E-state index in [9.17, 15) is 14.1 Å². The Bertz CT molecular complexity index is 1180. The minimum atomic E-state index is -2.37. The van der Waals surface area contributed by atoms with Crippen LogP contribution in [0.15, 0.2) is 18.3 Å². The van der Waals surface area contributed by atoms with Gasteiger partial charge in [-0.15, -0.1) is 0 Å². The first-order chi connectivity index (χ1) is 14.1. The van der Waals surface area contributed by atoms with E-state index >= 15 is 0 Å². The van der Waals surface area contributed by atoms with Crippen LogP contribution in [0.3, 0.4) is 0 Å². The van der Waals surface area contributed by atoms with E-state index in [1.807, 2.05) is 31.4 Å². The van der Waals surface area contributed by atoms with Gasteiger partial charge >= 0.3 is 0 Å². The molecule has 10 heteroatoms. The molecule has 0 radical (unpaired) electrons. The molecule has 4 rings (SSSR count). The molecule has 1 aliphatic rings. The Morgan fingerprint density at radius 1 is 1.33 bits per heavy atom. The summed E-state index contributed by atoms with van der Waals surface area (Å²) >= 11 is 6.34. The molecule has 3 heterocycles. The Hall–Kier alpha value is -2.02.